The maximum Gasteiger partial charge on any atom is 0.320 e. The van der Waals surface area contributed by atoms with Gasteiger partial charge in [-0.1, -0.05) is 42.4 Å². The van der Waals surface area contributed by atoms with Crippen molar-refractivity contribution in [3.05, 3.63) is 35.9 Å². The van der Waals surface area contributed by atoms with Crippen molar-refractivity contribution in [2.45, 2.75) is 32.8 Å². The normalized spacial score (nSPS) is 16.3. The number of nitrogens with zero attached hydrogens (tertiary/aromatic N) is 3. The van der Waals surface area contributed by atoms with E-state index in [0.29, 0.717) is 12.4 Å². The van der Waals surface area contributed by atoms with Gasteiger partial charge in [-0.25, -0.2) is 4.79 Å². The minimum absolute atomic E-state index is 0.0896. The summed E-state index contributed by atoms with van der Waals surface area (Å²) in [6.45, 7) is 4.41. The van der Waals surface area contributed by atoms with E-state index in [4.69, 9.17) is 4.84 Å². The first-order valence-electron chi connectivity index (χ1n) is 8.44. The molecule has 0 aliphatic carbocycles. The topological polar surface area (TPSA) is 80.5 Å². The minimum Gasteiger partial charge on any atom is -0.390 e. The molecule has 1 aliphatic heterocycles. The summed E-state index contributed by atoms with van der Waals surface area (Å²) in [6, 6.07) is 9.63. The minimum atomic E-state index is -0.278. The SMILES string of the molecule is CCC1=NO[C@H](CNC(=O)Nc2c(C)c(-c3ccccc3)nn2C)C1. The first-order chi connectivity index (χ1) is 12.1. The summed E-state index contributed by atoms with van der Waals surface area (Å²) in [6.07, 6.45) is 1.55. The lowest BCUT2D eigenvalue weighted by Gasteiger charge is -2.11. The third-order valence-corrected chi connectivity index (χ3v) is 4.26. The van der Waals surface area contributed by atoms with Crippen LogP contribution in [0.5, 0.6) is 0 Å². The maximum atomic E-state index is 12.2. The molecule has 1 aromatic heterocycles. The highest BCUT2D eigenvalue weighted by atomic mass is 16.6. The number of oxime groups is 1. The third-order valence-electron chi connectivity index (χ3n) is 4.26. The van der Waals surface area contributed by atoms with Gasteiger partial charge in [-0.15, -0.1) is 0 Å². The van der Waals surface area contributed by atoms with Crippen LogP contribution in [0.2, 0.25) is 0 Å². The van der Waals surface area contributed by atoms with Crippen molar-refractivity contribution in [1.29, 1.82) is 0 Å². The predicted molar refractivity (Wildman–Crippen MR) is 97.6 cm³/mol. The fourth-order valence-corrected chi connectivity index (χ4v) is 2.84. The Morgan fingerprint density at radius 3 is 2.80 bits per heavy atom. The molecule has 1 aliphatic rings. The van der Waals surface area contributed by atoms with E-state index >= 15 is 0 Å². The zero-order chi connectivity index (χ0) is 17.8. The Bertz CT molecular complexity index is 782. The lowest BCUT2D eigenvalue weighted by atomic mass is 10.1. The molecule has 25 heavy (non-hydrogen) atoms. The van der Waals surface area contributed by atoms with Gasteiger partial charge in [-0.2, -0.15) is 5.10 Å². The van der Waals surface area contributed by atoms with Gasteiger partial charge in [-0.05, 0) is 13.3 Å². The van der Waals surface area contributed by atoms with Crippen LogP contribution in [-0.4, -0.2) is 34.2 Å². The van der Waals surface area contributed by atoms with Crippen molar-refractivity contribution in [1.82, 2.24) is 15.1 Å². The second-order valence-electron chi connectivity index (χ2n) is 6.09. The van der Waals surface area contributed by atoms with Crippen molar-refractivity contribution in [3.8, 4) is 11.3 Å². The Morgan fingerprint density at radius 2 is 2.12 bits per heavy atom. The second kappa shape index (κ2) is 7.38. The zero-order valence-corrected chi connectivity index (χ0v) is 14.7. The number of hydrogen-bond donors (Lipinski definition) is 2. The van der Waals surface area contributed by atoms with Crippen LogP contribution in [0.15, 0.2) is 35.5 Å². The standard InChI is InChI=1S/C18H23N5O2/c1-4-14-10-15(25-22-14)11-19-18(24)20-17-12(2)16(21-23(17)3)13-8-6-5-7-9-13/h5-9,15H,4,10-11H2,1-3H3,(H2,19,20,24)/t15-/m0/s1. The highest BCUT2D eigenvalue weighted by Gasteiger charge is 2.21. The van der Waals surface area contributed by atoms with Crippen LogP contribution in [0.4, 0.5) is 10.6 Å². The lowest BCUT2D eigenvalue weighted by Crippen LogP contribution is -2.36. The van der Waals surface area contributed by atoms with Gasteiger partial charge in [-0.3, -0.25) is 10.00 Å². The average Bonchev–Trinajstić information content (AvgIpc) is 3.20. The third kappa shape index (κ3) is 3.81. The van der Waals surface area contributed by atoms with Gasteiger partial charge in [0.1, 0.15) is 11.9 Å². The monoisotopic (exact) mass is 341 g/mol. The Labute approximate surface area is 147 Å². The van der Waals surface area contributed by atoms with Crippen LogP contribution >= 0.6 is 0 Å². The number of nitrogens with one attached hydrogen (secondary N) is 2. The van der Waals surface area contributed by atoms with Crippen molar-refractivity contribution in [2.24, 2.45) is 12.2 Å². The molecule has 0 saturated heterocycles. The first kappa shape index (κ1) is 17.0. The van der Waals surface area contributed by atoms with E-state index in [1.807, 2.05) is 51.2 Å². The Balaban J connectivity index is 1.61. The number of benzene rings is 1. The van der Waals surface area contributed by atoms with Crippen molar-refractivity contribution >= 4 is 17.6 Å². The molecule has 7 nitrogen and oxygen atoms in total. The Hall–Kier alpha value is -2.83. The summed E-state index contributed by atoms with van der Waals surface area (Å²) in [5, 5.41) is 14.2. The molecule has 0 fully saturated rings. The summed E-state index contributed by atoms with van der Waals surface area (Å²) in [7, 11) is 1.82. The number of aromatic nitrogens is 2. The van der Waals surface area contributed by atoms with Crippen molar-refractivity contribution in [2.75, 3.05) is 11.9 Å². The number of aryl methyl sites for hydroxylation is 1. The second-order valence-corrected chi connectivity index (χ2v) is 6.09. The molecule has 0 saturated carbocycles. The molecular formula is C18H23N5O2. The molecule has 132 valence electrons. The van der Waals surface area contributed by atoms with Crippen LogP contribution in [0.1, 0.15) is 25.3 Å². The van der Waals surface area contributed by atoms with Gasteiger partial charge in [0.05, 0.1) is 18.0 Å². The van der Waals surface area contributed by atoms with Gasteiger partial charge >= 0.3 is 6.03 Å². The van der Waals surface area contributed by atoms with Gasteiger partial charge in [0, 0.05) is 24.6 Å². The van der Waals surface area contributed by atoms with E-state index in [1.165, 1.54) is 0 Å². The predicted octanol–water partition coefficient (Wildman–Crippen LogP) is 3.07. The van der Waals surface area contributed by atoms with E-state index in [2.05, 4.69) is 20.9 Å². The molecule has 3 rings (SSSR count). The van der Waals surface area contributed by atoms with E-state index in [-0.39, 0.29) is 12.1 Å². The lowest BCUT2D eigenvalue weighted by molar-refractivity contribution is 0.0869. The fourth-order valence-electron chi connectivity index (χ4n) is 2.84. The molecule has 2 amide bonds. The molecule has 0 spiro atoms. The number of anilines is 1. The summed E-state index contributed by atoms with van der Waals surface area (Å²) >= 11 is 0. The number of carbonyl (C=O) groups is 1. The van der Waals surface area contributed by atoms with Crippen molar-refractivity contribution < 1.29 is 9.63 Å². The van der Waals surface area contributed by atoms with Crippen LogP contribution in [0, 0.1) is 6.92 Å². The van der Waals surface area contributed by atoms with E-state index in [9.17, 15) is 4.79 Å². The number of amides is 2. The molecule has 0 unspecified atom stereocenters. The van der Waals surface area contributed by atoms with E-state index in [0.717, 1.165) is 35.4 Å². The van der Waals surface area contributed by atoms with Gasteiger partial charge in [0.25, 0.3) is 0 Å². The average molecular weight is 341 g/mol. The number of urea groups is 1. The summed E-state index contributed by atoms with van der Waals surface area (Å²) < 4.78 is 1.68. The van der Waals surface area contributed by atoms with Crippen LogP contribution in [0.3, 0.4) is 0 Å². The van der Waals surface area contributed by atoms with Crippen molar-refractivity contribution in [3.63, 3.8) is 0 Å². The molecule has 1 aromatic carbocycles. The highest BCUT2D eigenvalue weighted by molar-refractivity contribution is 5.90. The Kier molecular flexibility index (Phi) is 5.02. The number of hydrogen-bond acceptors (Lipinski definition) is 4. The van der Waals surface area contributed by atoms with Crippen LogP contribution in [-0.2, 0) is 11.9 Å². The first-order valence-corrected chi connectivity index (χ1v) is 8.44. The molecule has 2 heterocycles. The number of carbonyl (C=O) groups excluding carboxylic acids is 1. The fraction of sp³-hybridized carbons (Fsp3) is 0.389. The molecule has 2 N–H and O–H groups in total. The Morgan fingerprint density at radius 1 is 1.36 bits per heavy atom. The quantitative estimate of drug-likeness (QED) is 0.877. The molecule has 1 atom stereocenters. The van der Waals surface area contributed by atoms with Gasteiger partial charge < -0.3 is 10.2 Å². The van der Waals surface area contributed by atoms with Gasteiger partial charge in [0.2, 0.25) is 0 Å². The van der Waals surface area contributed by atoms with Gasteiger partial charge in [0.15, 0.2) is 0 Å². The summed E-state index contributed by atoms with van der Waals surface area (Å²) in [5.41, 5.74) is 3.84. The van der Waals surface area contributed by atoms with E-state index in [1.54, 1.807) is 4.68 Å². The summed E-state index contributed by atoms with van der Waals surface area (Å²) in [4.78, 5) is 17.5. The maximum absolute atomic E-state index is 12.2. The van der Waals surface area contributed by atoms with Crippen LogP contribution < -0.4 is 10.6 Å². The van der Waals surface area contributed by atoms with Crippen LogP contribution in [0.25, 0.3) is 11.3 Å². The summed E-state index contributed by atoms with van der Waals surface area (Å²) in [5.74, 6) is 0.675. The molecule has 2 aromatic rings. The van der Waals surface area contributed by atoms with E-state index < -0.39 is 0 Å². The molecule has 0 bridgehead atoms. The highest BCUT2D eigenvalue weighted by Crippen LogP contribution is 2.27. The zero-order valence-electron chi connectivity index (χ0n) is 14.7. The molecule has 7 heteroatoms. The largest absolute Gasteiger partial charge is 0.390 e. The molecule has 0 radical (unpaired) electrons. The smallest absolute Gasteiger partial charge is 0.320 e. The number of rotatable bonds is 5. The molecular weight excluding hydrogens is 318 g/mol.